The molecule has 3 heterocycles. The van der Waals surface area contributed by atoms with Gasteiger partial charge in [0.15, 0.2) is 5.17 Å². The Morgan fingerprint density at radius 3 is 2.62 bits per heavy atom. The summed E-state index contributed by atoms with van der Waals surface area (Å²) >= 11 is 1.90. The summed E-state index contributed by atoms with van der Waals surface area (Å²) in [6, 6.07) is 16.2. The van der Waals surface area contributed by atoms with Crippen molar-refractivity contribution in [2.75, 3.05) is 5.75 Å². The molecular formula is C20H23N3S. The molecule has 4 rings (SSSR count). The summed E-state index contributed by atoms with van der Waals surface area (Å²) < 4.78 is 0. The van der Waals surface area contributed by atoms with Gasteiger partial charge in [0.05, 0.1) is 11.7 Å². The molecule has 0 aliphatic carbocycles. The molecule has 0 radical (unpaired) electrons. The Balaban J connectivity index is 1.76. The third-order valence-electron chi connectivity index (χ3n) is 5.06. The summed E-state index contributed by atoms with van der Waals surface area (Å²) in [7, 11) is 0. The van der Waals surface area contributed by atoms with Crippen molar-refractivity contribution in [3.05, 3.63) is 65.5 Å². The molecule has 2 aliphatic heterocycles. The minimum absolute atomic E-state index is 0.0931. The van der Waals surface area contributed by atoms with Crippen molar-refractivity contribution in [2.24, 2.45) is 4.99 Å². The van der Waals surface area contributed by atoms with Crippen LogP contribution < -0.4 is 0 Å². The van der Waals surface area contributed by atoms with Gasteiger partial charge in [-0.1, -0.05) is 55.9 Å². The SMILES string of the molecule is CCc1ccc([C@@H]2[C@H](c3ccccn3)N=C3SC[C@H](CC)N32)cc1. The summed E-state index contributed by atoms with van der Waals surface area (Å²) in [4.78, 5) is 12.2. The van der Waals surface area contributed by atoms with Crippen LogP contribution in [-0.4, -0.2) is 26.8 Å². The minimum atomic E-state index is 0.0931. The largest absolute Gasteiger partial charge is 0.338 e. The molecule has 3 atom stereocenters. The number of fused-ring (bicyclic) bond motifs is 1. The van der Waals surface area contributed by atoms with Crippen LogP contribution in [0, 0.1) is 0 Å². The first-order valence-corrected chi connectivity index (χ1v) is 9.79. The van der Waals surface area contributed by atoms with Gasteiger partial charge in [0, 0.05) is 18.0 Å². The number of hydrogen-bond donors (Lipinski definition) is 0. The second kappa shape index (κ2) is 6.60. The molecule has 2 aromatic rings. The Labute approximate surface area is 148 Å². The van der Waals surface area contributed by atoms with Gasteiger partial charge in [0.1, 0.15) is 6.04 Å². The normalized spacial score (nSPS) is 25.7. The van der Waals surface area contributed by atoms with Crippen molar-refractivity contribution in [1.82, 2.24) is 9.88 Å². The molecule has 1 aromatic carbocycles. The fourth-order valence-electron chi connectivity index (χ4n) is 3.66. The summed E-state index contributed by atoms with van der Waals surface area (Å²) in [5.41, 5.74) is 3.80. The van der Waals surface area contributed by atoms with Crippen LogP contribution in [0.2, 0.25) is 0 Å². The fourth-order valence-corrected chi connectivity index (χ4v) is 5.00. The van der Waals surface area contributed by atoms with Gasteiger partial charge in [-0.2, -0.15) is 0 Å². The van der Waals surface area contributed by atoms with Crippen LogP contribution in [0.25, 0.3) is 0 Å². The Kier molecular flexibility index (Phi) is 4.31. The quantitative estimate of drug-likeness (QED) is 0.815. The number of hydrogen-bond acceptors (Lipinski definition) is 4. The van der Waals surface area contributed by atoms with Gasteiger partial charge in [-0.05, 0) is 36.1 Å². The van der Waals surface area contributed by atoms with Crippen molar-refractivity contribution < 1.29 is 0 Å². The zero-order chi connectivity index (χ0) is 16.5. The summed E-state index contributed by atoms with van der Waals surface area (Å²) in [6.07, 6.45) is 4.11. The van der Waals surface area contributed by atoms with Crippen LogP contribution >= 0.6 is 11.8 Å². The first kappa shape index (κ1) is 15.7. The molecule has 124 valence electrons. The number of aliphatic imine (C=N–C) groups is 1. The lowest BCUT2D eigenvalue weighted by molar-refractivity contribution is 0.255. The molecule has 1 saturated heterocycles. The van der Waals surface area contributed by atoms with Crippen LogP contribution in [0.3, 0.4) is 0 Å². The van der Waals surface area contributed by atoms with E-state index in [9.17, 15) is 0 Å². The molecule has 0 saturated carbocycles. The van der Waals surface area contributed by atoms with E-state index >= 15 is 0 Å². The molecule has 0 N–H and O–H groups in total. The van der Waals surface area contributed by atoms with Crippen molar-refractivity contribution in [3.63, 3.8) is 0 Å². The zero-order valence-corrected chi connectivity index (χ0v) is 15.0. The van der Waals surface area contributed by atoms with E-state index in [2.05, 4.69) is 60.1 Å². The Morgan fingerprint density at radius 2 is 1.96 bits per heavy atom. The van der Waals surface area contributed by atoms with Gasteiger partial charge in [-0.15, -0.1) is 0 Å². The number of aromatic nitrogens is 1. The first-order valence-electron chi connectivity index (χ1n) is 8.80. The monoisotopic (exact) mass is 337 g/mol. The first-order chi connectivity index (χ1) is 11.8. The van der Waals surface area contributed by atoms with Crippen LogP contribution in [0.5, 0.6) is 0 Å². The molecule has 1 aromatic heterocycles. The molecule has 3 nitrogen and oxygen atoms in total. The molecule has 2 aliphatic rings. The van der Waals surface area contributed by atoms with E-state index in [0.717, 1.165) is 24.3 Å². The minimum Gasteiger partial charge on any atom is -0.338 e. The molecule has 1 fully saturated rings. The molecule has 24 heavy (non-hydrogen) atoms. The predicted molar refractivity (Wildman–Crippen MR) is 101 cm³/mol. The van der Waals surface area contributed by atoms with Crippen LogP contribution in [0.15, 0.2) is 53.7 Å². The van der Waals surface area contributed by atoms with Crippen molar-refractivity contribution in [2.45, 2.75) is 44.8 Å². The molecule has 0 spiro atoms. The standard InChI is InChI=1S/C20H23N3S/c1-3-14-8-10-15(11-9-14)19-18(17-7-5-6-12-21-17)22-20-23(19)16(4-2)13-24-20/h5-12,16,18-19H,3-4,13H2,1-2H3/t16-,18-,19+/m0/s1. The number of aryl methyl sites for hydroxylation is 1. The molecule has 0 unspecified atom stereocenters. The van der Waals surface area contributed by atoms with E-state index in [0.29, 0.717) is 6.04 Å². The highest BCUT2D eigenvalue weighted by Gasteiger charge is 2.45. The average molecular weight is 337 g/mol. The van der Waals surface area contributed by atoms with E-state index < -0.39 is 0 Å². The third kappa shape index (κ3) is 2.63. The summed E-state index contributed by atoms with van der Waals surface area (Å²) in [5.74, 6) is 1.15. The summed E-state index contributed by atoms with van der Waals surface area (Å²) in [5, 5.41) is 1.20. The number of pyridine rings is 1. The Bertz CT molecular complexity index is 726. The van der Waals surface area contributed by atoms with Crippen molar-refractivity contribution in [1.29, 1.82) is 0 Å². The van der Waals surface area contributed by atoms with E-state index in [1.807, 2.05) is 24.0 Å². The van der Waals surface area contributed by atoms with E-state index in [1.165, 1.54) is 16.3 Å². The van der Waals surface area contributed by atoms with Gasteiger partial charge >= 0.3 is 0 Å². The lowest BCUT2D eigenvalue weighted by Crippen LogP contribution is -2.35. The average Bonchev–Trinajstić information content (AvgIpc) is 3.21. The van der Waals surface area contributed by atoms with Crippen LogP contribution in [-0.2, 0) is 6.42 Å². The molecule has 4 heteroatoms. The maximum absolute atomic E-state index is 5.06. The van der Waals surface area contributed by atoms with E-state index in [4.69, 9.17) is 4.99 Å². The van der Waals surface area contributed by atoms with Crippen LogP contribution in [0.4, 0.5) is 0 Å². The predicted octanol–water partition coefficient (Wildman–Crippen LogP) is 4.62. The maximum Gasteiger partial charge on any atom is 0.160 e. The summed E-state index contributed by atoms with van der Waals surface area (Å²) in [6.45, 7) is 4.48. The highest BCUT2D eigenvalue weighted by molar-refractivity contribution is 8.14. The van der Waals surface area contributed by atoms with Crippen LogP contribution in [0.1, 0.15) is 49.2 Å². The van der Waals surface area contributed by atoms with Gasteiger partial charge in [-0.3, -0.25) is 9.98 Å². The maximum atomic E-state index is 5.06. The van der Waals surface area contributed by atoms with E-state index in [1.54, 1.807) is 0 Å². The third-order valence-corrected chi connectivity index (χ3v) is 6.18. The number of benzene rings is 1. The van der Waals surface area contributed by atoms with Gasteiger partial charge in [-0.25, -0.2) is 0 Å². The smallest absolute Gasteiger partial charge is 0.160 e. The molecule has 0 bridgehead atoms. The molecule has 0 amide bonds. The number of nitrogens with zero attached hydrogens (tertiary/aromatic N) is 3. The van der Waals surface area contributed by atoms with Crippen molar-refractivity contribution >= 4 is 16.9 Å². The van der Waals surface area contributed by atoms with E-state index in [-0.39, 0.29) is 12.1 Å². The van der Waals surface area contributed by atoms with Crippen molar-refractivity contribution in [3.8, 4) is 0 Å². The number of thioether (sulfide) groups is 1. The zero-order valence-electron chi connectivity index (χ0n) is 14.2. The van der Waals surface area contributed by atoms with Gasteiger partial charge < -0.3 is 4.90 Å². The number of amidine groups is 1. The van der Waals surface area contributed by atoms with Gasteiger partial charge in [0.25, 0.3) is 0 Å². The second-order valence-corrected chi connectivity index (χ2v) is 7.42. The molecular weight excluding hydrogens is 314 g/mol. The lowest BCUT2D eigenvalue weighted by atomic mass is 9.94. The topological polar surface area (TPSA) is 28.5 Å². The van der Waals surface area contributed by atoms with Gasteiger partial charge in [0.2, 0.25) is 0 Å². The highest BCUT2D eigenvalue weighted by Crippen LogP contribution is 2.48. The number of rotatable bonds is 4. The Morgan fingerprint density at radius 1 is 1.12 bits per heavy atom. The fraction of sp³-hybridized carbons (Fsp3) is 0.400. The lowest BCUT2D eigenvalue weighted by Gasteiger charge is -2.32. The Hall–Kier alpha value is -1.81. The second-order valence-electron chi connectivity index (χ2n) is 6.43. The highest BCUT2D eigenvalue weighted by atomic mass is 32.2.